The number of benzene rings is 1. The van der Waals surface area contributed by atoms with Gasteiger partial charge in [-0.3, -0.25) is 4.99 Å². The Morgan fingerprint density at radius 2 is 1.82 bits per heavy atom. The van der Waals surface area contributed by atoms with Crippen LogP contribution in [0.15, 0.2) is 23.2 Å². The summed E-state index contributed by atoms with van der Waals surface area (Å²) in [5.74, 6) is 1.72. The van der Waals surface area contributed by atoms with Crippen molar-refractivity contribution in [1.82, 2.24) is 10.6 Å². The Hall–Kier alpha value is -1.79. The maximum atomic E-state index is 5.93. The lowest BCUT2D eigenvalue weighted by Gasteiger charge is -2.19. The van der Waals surface area contributed by atoms with Crippen LogP contribution in [0.5, 0.6) is 5.75 Å². The molecule has 0 aliphatic heterocycles. The van der Waals surface area contributed by atoms with Crippen LogP contribution in [0.25, 0.3) is 0 Å². The molecule has 0 unspecified atom stereocenters. The van der Waals surface area contributed by atoms with Crippen molar-refractivity contribution in [2.24, 2.45) is 10.4 Å². The molecule has 0 aromatic heterocycles. The van der Waals surface area contributed by atoms with E-state index in [-0.39, 0.29) is 0 Å². The van der Waals surface area contributed by atoms with Crippen LogP contribution >= 0.6 is 0 Å². The molecule has 2 rings (SSSR count). The number of aliphatic imine (C=N–C) groups is 1. The zero-order valence-electron chi connectivity index (χ0n) is 18.0. The number of guanidine groups is 1. The lowest BCUT2D eigenvalue weighted by molar-refractivity contribution is 0.110. The largest absolute Gasteiger partial charge is 0.491 e. The van der Waals surface area contributed by atoms with Gasteiger partial charge in [0.25, 0.3) is 0 Å². The van der Waals surface area contributed by atoms with E-state index < -0.39 is 0 Å². The molecule has 0 atom stereocenters. The summed E-state index contributed by atoms with van der Waals surface area (Å²) in [6.45, 7) is 11.2. The lowest BCUT2D eigenvalue weighted by Crippen LogP contribution is -2.40. The van der Waals surface area contributed by atoms with Gasteiger partial charge in [0, 0.05) is 45.5 Å². The maximum absolute atomic E-state index is 5.93. The molecule has 6 heteroatoms. The highest BCUT2D eigenvalue weighted by Crippen LogP contribution is 2.48. The number of nitrogens with one attached hydrogen (secondary N) is 2. The van der Waals surface area contributed by atoms with Gasteiger partial charge < -0.3 is 24.8 Å². The number of hydrogen-bond donors (Lipinski definition) is 2. The maximum Gasteiger partial charge on any atom is 0.191 e. The van der Waals surface area contributed by atoms with Crippen molar-refractivity contribution in [3.05, 3.63) is 29.3 Å². The molecule has 0 bridgehead atoms. The van der Waals surface area contributed by atoms with E-state index in [1.54, 1.807) is 0 Å². The Kier molecular flexibility index (Phi) is 9.58. The van der Waals surface area contributed by atoms with Gasteiger partial charge in [-0.05, 0) is 57.1 Å². The van der Waals surface area contributed by atoms with Crippen molar-refractivity contribution in [1.29, 1.82) is 0 Å². The predicted molar refractivity (Wildman–Crippen MR) is 114 cm³/mol. The Morgan fingerprint density at radius 3 is 2.50 bits per heavy atom. The van der Waals surface area contributed by atoms with Gasteiger partial charge >= 0.3 is 0 Å². The second-order valence-electron chi connectivity index (χ2n) is 7.38. The second kappa shape index (κ2) is 11.9. The van der Waals surface area contributed by atoms with Crippen LogP contribution in [0.4, 0.5) is 0 Å². The molecule has 1 aromatic carbocycles. The first kappa shape index (κ1) is 22.5. The van der Waals surface area contributed by atoms with Crippen molar-refractivity contribution in [3.8, 4) is 5.75 Å². The van der Waals surface area contributed by atoms with Crippen molar-refractivity contribution in [2.45, 2.75) is 46.6 Å². The molecule has 1 aliphatic rings. The smallest absolute Gasteiger partial charge is 0.191 e. The summed E-state index contributed by atoms with van der Waals surface area (Å²) in [7, 11) is 1.81. The van der Waals surface area contributed by atoms with E-state index in [9.17, 15) is 0 Å². The van der Waals surface area contributed by atoms with E-state index in [0.717, 1.165) is 43.5 Å². The van der Waals surface area contributed by atoms with Crippen LogP contribution in [-0.4, -0.2) is 52.6 Å². The van der Waals surface area contributed by atoms with Gasteiger partial charge in [0.1, 0.15) is 12.4 Å². The summed E-state index contributed by atoms with van der Waals surface area (Å²) in [6.07, 6.45) is 3.64. The zero-order valence-corrected chi connectivity index (χ0v) is 18.0. The van der Waals surface area contributed by atoms with E-state index in [4.69, 9.17) is 14.2 Å². The Balaban J connectivity index is 1.82. The first-order chi connectivity index (χ1) is 13.6. The minimum atomic E-state index is 0.379. The molecule has 0 saturated heterocycles. The quantitative estimate of drug-likeness (QED) is 0.307. The Labute approximate surface area is 170 Å². The molecule has 0 heterocycles. The standard InChI is InChI=1S/C22H37N3O3/c1-5-26-12-11-22(9-10-22)17-25-21(23-4)24-16-19-8-7-18(3)15-20(19)28-14-13-27-6-2/h7-8,15H,5-6,9-14,16-17H2,1-4H3,(H2,23,24,25). The fourth-order valence-electron chi connectivity index (χ4n) is 3.09. The third kappa shape index (κ3) is 7.68. The zero-order chi connectivity index (χ0) is 20.2. The molecule has 0 amide bonds. The number of aryl methyl sites for hydroxylation is 1. The minimum Gasteiger partial charge on any atom is -0.491 e. The minimum absolute atomic E-state index is 0.379. The molecule has 158 valence electrons. The highest BCUT2D eigenvalue weighted by molar-refractivity contribution is 5.79. The van der Waals surface area contributed by atoms with Crippen LogP contribution in [0.2, 0.25) is 0 Å². The first-order valence-electron chi connectivity index (χ1n) is 10.4. The van der Waals surface area contributed by atoms with E-state index >= 15 is 0 Å². The lowest BCUT2D eigenvalue weighted by atomic mass is 10.0. The molecule has 1 aromatic rings. The van der Waals surface area contributed by atoms with Gasteiger partial charge in [-0.25, -0.2) is 0 Å². The molecule has 1 fully saturated rings. The summed E-state index contributed by atoms with van der Waals surface area (Å²) >= 11 is 0. The summed E-state index contributed by atoms with van der Waals surface area (Å²) in [5.41, 5.74) is 2.68. The van der Waals surface area contributed by atoms with Gasteiger partial charge in [-0.2, -0.15) is 0 Å². The summed E-state index contributed by atoms with van der Waals surface area (Å²) in [6, 6.07) is 6.29. The topological polar surface area (TPSA) is 64.1 Å². The van der Waals surface area contributed by atoms with Crippen molar-refractivity contribution in [2.75, 3.05) is 46.6 Å². The summed E-state index contributed by atoms with van der Waals surface area (Å²) in [4.78, 5) is 4.37. The molecule has 6 nitrogen and oxygen atoms in total. The van der Waals surface area contributed by atoms with Crippen LogP contribution < -0.4 is 15.4 Å². The summed E-state index contributed by atoms with van der Waals surface area (Å²) < 4.78 is 16.8. The van der Waals surface area contributed by atoms with Gasteiger partial charge in [0.15, 0.2) is 5.96 Å². The van der Waals surface area contributed by atoms with Crippen LogP contribution in [-0.2, 0) is 16.0 Å². The van der Waals surface area contributed by atoms with E-state index in [1.165, 1.54) is 18.4 Å². The third-order valence-electron chi connectivity index (χ3n) is 5.15. The molecule has 28 heavy (non-hydrogen) atoms. The van der Waals surface area contributed by atoms with Crippen LogP contribution in [0.3, 0.4) is 0 Å². The van der Waals surface area contributed by atoms with Crippen LogP contribution in [0.1, 0.15) is 44.2 Å². The summed E-state index contributed by atoms with van der Waals surface area (Å²) in [5, 5.41) is 6.89. The first-order valence-corrected chi connectivity index (χ1v) is 10.4. The van der Waals surface area contributed by atoms with Gasteiger partial charge in [-0.1, -0.05) is 12.1 Å². The molecule has 2 N–H and O–H groups in total. The highest BCUT2D eigenvalue weighted by atomic mass is 16.5. The predicted octanol–water partition coefficient (Wildman–Crippen LogP) is 3.28. The Morgan fingerprint density at radius 1 is 1.07 bits per heavy atom. The monoisotopic (exact) mass is 391 g/mol. The van der Waals surface area contributed by atoms with Gasteiger partial charge in [0.05, 0.1) is 6.61 Å². The van der Waals surface area contributed by atoms with Crippen molar-refractivity contribution in [3.63, 3.8) is 0 Å². The average Bonchev–Trinajstić information content (AvgIpc) is 3.47. The van der Waals surface area contributed by atoms with E-state index in [0.29, 0.717) is 31.8 Å². The molecular formula is C22H37N3O3. The van der Waals surface area contributed by atoms with Gasteiger partial charge in [0.2, 0.25) is 0 Å². The molecular weight excluding hydrogens is 354 g/mol. The van der Waals surface area contributed by atoms with Crippen molar-refractivity contribution >= 4 is 5.96 Å². The average molecular weight is 392 g/mol. The third-order valence-corrected chi connectivity index (χ3v) is 5.15. The fourth-order valence-corrected chi connectivity index (χ4v) is 3.09. The van der Waals surface area contributed by atoms with E-state index in [2.05, 4.69) is 40.7 Å². The Bertz CT molecular complexity index is 615. The number of nitrogens with zero attached hydrogens (tertiary/aromatic N) is 1. The molecule has 0 spiro atoms. The fraction of sp³-hybridized carbons (Fsp3) is 0.682. The molecule has 0 radical (unpaired) electrons. The number of hydrogen-bond acceptors (Lipinski definition) is 4. The second-order valence-corrected chi connectivity index (χ2v) is 7.38. The van der Waals surface area contributed by atoms with Crippen molar-refractivity contribution < 1.29 is 14.2 Å². The van der Waals surface area contributed by atoms with Crippen LogP contribution in [0, 0.1) is 12.3 Å². The van der Waals surface area contributed by atoms with Gasteiger partial charge in [-0.15, -0.1) is 0 Å². The normalized spacial score (nSPS) is 15.4. The number of rotatable bonds is 13. The molecule has 1 saturated carbocycles. The van der Waals surface area contributed by atoms with E-state index in [1.807, 2.05) is 20.9 Å². The molecule has 1 aliphatic carbocycles. The highest BCUT2D eigenvalue weighted by Gasteiger charge is 2.41. The number of ether oxygens (including phenoxy) is 3. The SMILES string of the molecule is CCOCCOc1cc(C)ccc1CNC(=NC)NCC1(CCOCC)CC1.